The Morgan fingerprint density at radius 1 is 1.19 bits per heavy atom. The van der Waals surface area contributed by atoms with Crippen molar-refractivity contribution in [3.8, 4) is 0 Å². The van der Waals surface area contributed by atoms with Gasteiger partial charge in [-0.15, -0.1) is 0 Å². The molecule has 0 saturated heterocycles. The van der Waals surface area contributed by atoms with Crippen LogP contribution in [0.15, 0.2) is 29.2 Å². The number of hydrogen-bond donors (Lipinski definition) is 2. The lowest BCUT2D eigenvalue weighted by atomic mass is 10.1. The highest BCUT2D eigenvalue weighted by Gasteiger charge is 2.27. The number of carboxylic acid groups (broad SMARTS) is 1. The van der Waals surface area contributed by atoms with Gasteiger partial charge in [-0.3, -0.25) is 4.79 Å². The zero-order valence-electron chi connectivity index (χ0n) is 14.5. The lowest BCUT2D eigenvalue weighted by Crippen LogP contribution is -2.42. The van der Waals surface area contributed by atoms with E-state index >= 15 is 0 Å². The predicted molar refractivity (Wildman–Crippen MR) is 88.8 cm³/mol. The molecule has 26 heavy (non-hydrogen) atoms. The van der Waals surface area contributed by atoms with Crippen LogP contribution in [0.1, 0.15) is 37.6 Å². The topological polar surface area (TPSA) is 110 Å². The van der Waals surface area contributed by atoms with Gasteiger partial charge < -0.3 is 15.2 Å². The van der Waals surface area contributed by atoms with E-state index in [0.717, 1.165) is 24.3 Å². The fourth-order valence-electron chi connectivity index (χ4n) is 1.88. The SMILES string of the molecule is CC(C)(C)OCCC(NC(=O)c1ccc(S(=O)(=O)C(F)F)cc1)C(=O)O. The molecule has 1 rings (SSSR count). The molecule has 1 atom stereocenters. The number of halogens is 2. The third-order valence-electron chi connectivity index (χ3n) is 3.22. The van der Waals surface area contributed by atoms with Crippen LogP contribution in [0, 0.1) is 0 Å². The minimum Gasteiger partial charge on any atom is -0.480 e. The number of hydrogen-bond acceptors (Lipinski definition) is 5. The van der Waals surface area contributed by atoms with E-state index in [1.807, 2.05) is 0 Å². The predicted octanol–water partition coefficient (Wildman–Crippen LogP) is 2.07. The van der Waals surface area contributed by atoms with Crippen LogP contribution in [0.3, 0.4) is 0 Å². The first-order valence-electron chi connectivity index (χ1n) is 7.64. The summed E-state index contributed by atoms with van der Waals surface area (Å²) in [4.78, 5) is 22.7. The van der Waals surface area contributed by atoms with Gasteiger partial charge in [0.05, 0.1) is 10.5 Å². The second-order valence-electron chi connectivity index (χ2n) is 6.44. The van der Waals surface area contributed by atoms with Crippen molar-refractivity contribution < 1.29 is 36.6 Å². The van der Waals surface area contributed by atoms with Gasteiger partial charge in [-0.05, 0) is 45.0 Å². The quantitative estimate of drug-likeness (QED) is 0.700. The number of carbonyl (C=O) groups excluding carboxylic acids is 1. The van der Waals surface area contributed by atoms with E-state index in [9.17, 15) is 31.9 Å². The molecule has 0 saturated carbocycles. The summed E-state index contributed by atoms with van der Waals surface area (Å²) in [7, 11) is -4.76. The van der Waals surface area contributed by atoms with Crippen LogP contribution < -0.4 is 5.32 Å². The molecule has 0 aromatic heterocycles. The zero-order chi connectivity index (χ0) is 20.1. The molecule has 1 aromatic rings. The molecule has 1 aromatic carbocycles. The summed E-state index contributed by atoms with van der Waals surface area (Å²) >= 11 is 0. The Bertz CT molecular complexity index is 741. The summed E-state index contributed by atoms with van der Waals surface area (Å²) in [6, 6.07) is 2.60. The van der Waals surface area contributed by atoms with Gasteiger partial charge in [0.25, 0.3) is 5.91 Å². The molecule has 0 fully saturated rings. The van der Waals surface area contributed by atoms with Gasteiger partial charge in [-0.1, -0.05) is 0 Å². The van der Waals surface area contributed by atoms with E-state index in [0.29, 0.717) is 0 Å². The zero-order valence-corrected chi connectivity index (χ0v) is 15.3. The normalized spacial score (nSPS) is 13.5. The number of nitrogens with one attached hydrogen (secondary N) is 1. The van der Waals surface area contributed by atoms with Crippen molar-refractivity contribution in [1.29, 1.82) is 0 Å². The Morgan fingerprint density at radius 3 is 2.15 bits per heavy atom. The largest absolute Gasteiger partial charge is 0.480 e. The first-order valence-corrected chi connectivity index (χ1v) is 9.19. The molecule has 10 heteroatoms. The van der Waals surface area contributed by atoms with Gasteiger partial charge in [0.15, 0.2) is 0 Å². The molecular formula is C16H21F2NO6S. The number of aliphatic carboxylic acids is 1. The van der Waals surface area contributed by atoms with E-state index in [2.05, 4.69) is 5.32 Å². The van der Waals surface area contributed by atoms with E-state index in [-0.39, 0.29) is 18.6 Å². The Balaban J connectivity index is 2.80. The van der Waals surface area contributed by atoms with Crippen LogP contribution in [0.25, 0.3) is 0 Å². The van der Waals surface area contributed by atoms with Crippen LogP contribution in [-0.2, 0) is 19.4 Å². The number of ether oxygens (including phenoxy) is 1. The van der Waals surface area contributed by atoms with Crippen LogP contribution >= 0.6 is 0 Å². The molecule has 7 nitrogen and oxygen atoms in total. The summed E-state index contributed by atoms with van der Waals surface area (Å²) in [5.41, 5.74) is -0.514. The van der Waals surface area contributed by atoms with Crippen LogP contribution in [0.2, 0.25) is 0 Å². The number of benzene rings is 1. The summed E-state index contributed by atoms with van der Waals surface area (Å²) in [6.45, 7) is 5.51. The minimum absolute atomic E-state index is 0.0240. The van der Waals surface area contributed by atoms with E-state index in [4.69, 9.17) is 4.74 Å². The molecule has 2 N–H and O–H groups in total. The Labute approximate surface area is 150 Å². The van der Waals surface area contributed by atoms with Gasteiger partial charge in [0.1, 0.15) is 6.04 Å². The monoisotopic (exact) mass is 393 g/mol. The summed E-state index contributed by atoms with van der Waals surface area (Å²) in [6.07, 6.45) is 0.0240. The van der Waals surface area contributed by atoms with E-state index in [1.165, 1.54) is 0 Å². The van der Waals surface area contributed by atoms with Crippen molar-refractivity contribution in [2.24, 2.45) is 0 Å². The van der Waals surface area contributed by atoms with Crippen molar-refractivity contribution in [3.63, 3.8) is 0 Å². The van der Waals surface area contributed by atoms with Gasteiger partial charge in [-0.25, -0.2) is 13.2 Å². The molecule has 0 aliphatic heterocycles. The fourth-order valence-corrected chi connectivity index (χ4v) is 2.60. The number of alkyl halides is 2. The van der Waals surface area contributed by atoms with Crippen molar-refractivity contribution >= 4 is 21.7 Å². The highest BCUT2D eigenvalue weighted by atomic mass is 32.2. The maximum Gasteiger partial charge on any atom is 0.341 e. The standard InChI is InChI=1S/C16H21F2NO6S/c1-16(2,3)25-9-8-12(14(21)22)19-13(20)10-4-6-11(7-5-10)26(23,24)15(17)18/h4-7,12,15H,8-9H2,1-3H3,(H,19,20)(H,21,22). The third-order valence-corrected chi connectivity index (χ3v) is 4.62. The van der Waals surface area contributed by atoms with Crippen molar-refractivity contribution in [2.45, 2.75) is 49.5 Å². The average Bonchev–Trinajstić information content (AvgIpc) is 2.52. The van der Waals surface area contributed by atoms with Gasteiger partial charge in [0.2, 0.25) is 9.84 Å². The molecule has 0 heterocycles. The number of sulfone groups is 1. The third kappa shape index (κ3) is 6.34. The van der Waals surface area contributed by atoms with Gasteiger partial charge >= 0.3 is 11.7 Å². The van der Waals surface area contributed by atoms with Gasteiger partial charge in [0, 0.05) is 18.6 Å². The fraction of sp³-hybridized carbons (Fsp3) is 0.500. The van der Waals surface area contributed by atoms with E-state index < -0.39 is 44.0 Å². The van der Waals surface area contributed by atoms with Crippen LogP contribution in [0.4, 0.5) is 8.78 Å². The second-order valence-corrected chi connectivity index (χ2v) is 8.36. The van der Waals surface area contributed by atoms with E-state index in [1.54, 1.807) is 20.8 Å². The summed E-state index contributed by atoms with van der Waals surface area (Å²) in [5, 5.41) is 11.5. The molecule has 1 amide bonds. The lowest BCUT2D eigenvalue weighted by Gasteiger charge is -2.21. The second kappa shape index (κ2) is 8.54. The number of carboxylic acids is 1. The number of carbonyl (C=O) groups is 2. The lowest BCUT2D eigenvalue weighted by molar-refractivity contribution is -0.140. The van der Waals surface area contributed by atoms with Crippen molar-refractivity contribution in [2.75, 3.05) is 6.61 Å². The van der Waals surface area contributed by atoms with Crippen molar-refractivity contribution in [3.05, 3.63) is 29.8 Å². The highest BCUT2D eigenvalue weighted by molar-refractivity contribution is 7.91. The highest BCUT2D eigenvalue weighted by Crippen LogP contribution is 2.18. The maximum atomic E-state index is 12.5. The Kier molecular flexibility index (Phi) is 7.22. The summed E-state index contributed by atoms with van der Waals surface area (Å²) in [5.74, 6) is -5.59. The van der Waals surface area contributed by atoms with Crippen LogP contribution in [-0.4, -0.2) is 49.4 Å². The molecule has 1 unspecified atom stereocenters. The molecule has 0 radical (unpaired) electrons. The molecule has 0 spiro atoms. The van der Waals surface area contributed by atoms with Gasteiger partial charge in [-0.2, -0.15) is 8.78 Å². The van der Waals surface area contributed by atoms with Crippen LogP contribution in [0.5, 0.6) is 0 Å². The number of rotatable bonds is 8. The first-order chi connectivity index (χ1) is 11.8. The molecule has 0 aliphatic carbocycles. The molecule has 0 bridgehead atoms. The first kappa shape index (κ1) is 22.0. The average molecular weight is 393 g/mol. The molecule has 0 aliphatic rings. The minimum atomic E-state index is -4.76. The summed E-state index contributed by atoms with van der Waals surface area (Å²) < 4.78 is 53.0. The Morgan fingerprint density at radius 2 is 1.73 bits per heavy atom. The Hall–Kier alpha value is -2.07. The number of amides is 1. The molecule has 146 valence electrons. The maximum absolute atomic E-state index is 12.5. The van der Waals surface area contributed by atoms with Crippen molar-refractivity contribution in [1.82, 2.24) is 5.32 Å². The molecular weight excluding hydrogens is 372 g/mol. The smallest absolute Gasteiger partial charge is 0.341 e.